The fourth-order valence-corrected chi connectivity index (χ4v) is 4.33. The number of likely N-dealkylation sites (N-methyl/N-ethyl adjacent to an activating group) is 1. The van der Waals surface area contributed by atoms with Crippen LogP contribution in [0, 0.1) is 0 Å². The second-order valence-electron chi connectivity index (χ2n) is 8.73. The van der Waals surface area contributed by atoms with Crippen molar-refractivity contribution in [2.75, 3.05) is 70.5 Å². The normalized spacial score (nSPS) is 18.0. The van der Waals surface area contributed by atoms with Gasteiger partial charge in [0.2, 0.25) is 0 Å². The first-order valence-corrected chi connectivity index (χ1v) is 11.8. The first kappa shape index (κ1) is 23.4. The molecule has 1 fully saturated rings. The Morgan fingerprint density at radius 3 is 2.55 bits per heavy atom. The molecular weight excluding hydrogens is 386 g/mol. The smallest absolute Gasteiger partial charge is 0.104 e. The lowest BCUT2D eigenvalue weighted by molar-refractivity contribution is 0.313. The van der Waals surface area contributed by atoms with E-state index in [9.17, 15) is 0 Å². The highest BCUT2D eigenvalue weighted by Crippen LogP contribution is 2.34. The van der Waals surface area contributed by atoms with Gasteiger partial charge in [0, 0.05) is 56.1 Å². The second kappa shape index (κ2) is 11.4. The van der Waals surface area contributed by atoms with Crippen LogP contribution in [0.5, 0.6) is 0 Å². The van der Waals surface area contributed by atoms with Crippen LogP contribution in [0.4, 0.5) is 11.4 Å². The molecule has 0 aliphatic carbocycles. The van der Waals surface area contributed by atoms with Crippen LogP contribution in [-0.2, 0) is 0 Å². The lowest BCUT2D eigenvalue weighted by Gasteiger charge is -2.36. The van der Waals surface area contributed by atoms with Gasteiger partial charge in [-0.3, -0.25) is 4.99 Å². The zero-order valence-electron chi connectivity index (χ0n) is 19.7. The third kappa shape index (κ3) is 5.92. The predicted molar refractivity (Wildman–Crippen MR) is 133 cm³/mol. The average Bonchev–Trinajstić information content (AvgIpc) is 2.77. The van der Waals surface area contributed by atoms with Crippen LogP contribution in [0.25, 0.3) is 5.70 Å². The summed E-state index contributed by atoms with van der Waals surface area (Å²) in [7, 11) is 4.19. The van der Waals surface area contributed by atoms with E-state index in [2.05, 4.69) is 46.1 Å². The Morgan fingerprint density at radius 2 is 1.84 bits per heavy atom. The van der Waals surface area contributed by atoms with Crippen LogP contribution < -0.4 is 21.7 Å². The number of hydrogen-bond donors (Lipinski definition) is 3. The van der Waals surface area contributed by atoms with Gasteiger partial charge in [0.05, 0.1) is 17.9 Å². The van der Waals surface area contributed by atoms with Crippen LogP contribution in [0.2, 0.25) is 0 Å². The lowest BCUT2D eigenvalue weighted by Crippen LogP contribution is -2.44. The van der Waals surface area contributed by atoms with Crippen molar-refractivity contribution in [3.8, 4) is 0 Å². The molecule has 7 nitrogen and oxygen atoms in total. The van der Waals surface area contributed by atoms with E-state index in [0.717, 1.165) is 99.9 Å². The molecule has 0 atom stereocenters. The molecule has 5 N–H and O–H groups in total. The summed E-state index contributed by atoms with van der Waals surface area (Å²) < 4.78 is 0. The standard InChI is InChI=1S/C24H41N7/c1-4-5-8-23-28-18-22(26)24(31(23)12-7-6-11-27-2)20-17-19(9-10-21(20)25)30-15-13-29(3)14-16-30/h9-10,17,27H,4-8,11-16,18,25-26H2,1-3H3. The number of nitrogens with two attached hydrogens (primary N) is 2. The van der Waals surface area contributed by atoms with E-state index >= 15 is 0 Å². The molecule has 0 unspecified atom stereocenters. The maximum Gasteiger partial charge on any atom is 0.104 e. The predicted octanol–water partition coefficient (Wildman–Crippen LogP) is 2.55. The van der Waals surface area contributed by atoms with Crippen molar-refractivity contribution >= 4 is 22.9 Å². The molecule has 1 aromatic rings. The topological polar surface area (TPSA) is 86.1 Å². The number of nitrogens with one attached hydrogen (secondary N) is 1. The number of aliphatic imine (C=N–C) groups is 1. The van der Waals surface area contributed by atoms with Gasteiger partial charge < -0.3 is 31.5 Å². The monoisotopic (exact) mass is 427 g/mol. The van der Waals surface area contributed by atoms with Gasteiger partial charge in [0.15, 0.2) is 0 Å². The Balaban J connectivity index is 1.89. The minimum Gasteiger partial charge on any atom is -0.399 e. The molecule has 2 heterocycles. The molecule has 0 spiro atoms. The van der Waals surface area contributed by atoms with Gasteiger partial charge in [-0.25, -0.2) is 0 Å². The van der Waals surface area contributed by atoms with Gasteiger partial charge in [-0.15, -0.1) is 0 Å². The van der Waals surface area contributed by atoms with E-state index < -0.39 is 0 Å². The van der Waals surface area contributed by atoms with Crippen molar-refractivity contribution in [3.05, 3.63) is 29.5 Å². The third-order valence-corrected chi connectivity index (χ3v) is 6.29. The zero-order chi connectivity index (χ0) is 22.2. The number of rotatable bonds is 10. The number of piperazine rings is 1. The maximum atomic E-state index is 6.58. The molecule has 3 rings (SSSR count). The Kier molecular flexibility index (Phi) is 8.60. The number of amidine groups is 1. The summed E-state index contributed by atoms with van der Waals surface area (Å²) in [6.07, 6.45) is 5.48. The van der Waals surface area contributed by atoms with Gasteiger partial charge in [-0.2, -0.15) is 0 Å². The van der Waals surface area contributed by atoms with E-state index in [1.54, 1.807) is 0 Å². The molecule has 1 saturated heterocycles. The van der Waals surface area contributed by atoms with Gasteiger partial charge in [0.1, 0.15) is 5.84 Å². The summed E-state index contributed by atoms with van der Waals surface area (Å²) >= 11 is 0. The number of hydrogen-bond acceptors (Lipinski definition) is 7. The number of benzene rings is 1. The fraction of sp³-hybridized carbons (Fsp3) is 0.625. The quantitative estimate of drug-likeness (QED) is 0.393. The van der Waals surface area contributed by atoms with Gasteiger partial charge >= 0.3 is 0 Å². The third-order valence-electron chi connectivity index (χ3n) is 6.29. The van der Waals surface area contributed by atoms with Gasteiger partial charge in [-0.05, 0) is 58.1 Å². The largest absolute Gasteiger partial charge is 0.399 e. The summed E-state index contributed by atoms with van der Waals surface area (Å²) in [4.78, 5) is 12.0. The molecule has 0 bridgehead atoms. The Bertz CT molecular complexity index is 778. The summed E-state index contributed by atoms with van der Waals surface area (Å²) in [5.41, 5.74) is 18.1. The molecule has 2 aliphatic rings. The van der Waals surface area contributed by atoms with Crippen molar-refractivity contribution < 1.29 is 0 Å². The van der Waals surface area contributed by atoms with Crippen molar-refractivity contribution in [1.29, 1.82) is 0 Å². The van der Waals surface area contributed by atoms with Crippen molar-refractivity contribution in [2.24, 2.45) is 10.7 Å². The van der Waals surface area contributed by atoms with Crippen molar-refractivity contribution in [3.63, 3.8) is 0 Å². The average molecular weight is 428 g/mol. The number of nitrogens with zero attached hydrogens (tertiary/aromatic N) is 4. The SMILES string of the molecule is CCCCC1=NCC(N)=C(c2cc(N3CCN(C)CC3)ccc2N)N1CCCCNC. The Hall–Kier alpha value is -2.25. The van der Waals surface area contributed by atoms with E-state index in [1.807, 2.05) is 13.1 Å². The molecule has 0 radical (unpaired) electrons. The first-order valence-electron chi connectivity index (χ1n) is 11.8. The van der Waals surface area contributed by atoms with Crippen molar-refractivity contribution in [2.45, 2.75) is 39.0 Å². The molecule has 7 heteroatoms. The van der Waals surface area contributed by atoms with Crippen LogP contribution in [-0.4, -0.2) is 75.5 Å². The van der Waals surface area contributed by atoms with E-state index in [0.29, 0.717) is 6.54 Å². The molecule has 2 aliphatic heterocycles. The molecule has 172 valence electrons. The lowest BCUT2D eigenvalue weighted by atomic mass is 10.0. The van der Waals surface area contributed by atoms with Crippen LogP contribution in [0.3, 0.4) is 0 Å². The van der Waals surface area contributed by atoms with Gasteiger partial charge in [-0.1, -0.05) is 13.3 Å². The highest BCUT2D eigenvalue weighted by Gasteiger charge is 2.26. The molecule has 1 aromatic carbocycles. The molecular formula is C24H41N7. The number of unbranched alkanes of at least 4 members (excludes halogenated alkanes) is 2. The maximum absolute atomic E-state index is 6.58. The summed E-state index contributed by atoms with van der Waals surface area (Å²) in [5, 5.41) is 3.24. The van der Waals surface area contributed by atoms with Crippen LogP contribution in [0.1, 0.15) is 44.6 Å². The molecule has 31 heavy (non-hydrogen) atoms. The van der Waals surface area contributed by atoms with Crippen molar-refractivity contribution in [1.82, 2.24) is 15.1 Å². The first-order chi connectivity index (χ1) is 15.0. The molecule has 0 saturated carbocycles. The zero-order valence-corrected chi connectivity index (χ0v) is 19.7. The Labute approximate surface area is 188 Å². The number of anilines is 2. The van der Waals surface area contributed by atoms with Crippen LogP contribution >= 0.6 is 0 Å². The highest BCUT2D eigenvalue weighted by molar-refractivity contribution is 5.95. The summed E-state index contributed by atoms with van der Waals surface area (Å²) in [6, 6.07) is 6.43. The van der Waals surface area contributed by atoms with E-state index in [4.69, 9.17) is 16.5 Å². The highest BCUT2D eigenvalue weighted by atomic mass is 15.3. The summed E-state index contributed by atoms with van der Waals surface area (Å²) in [5.74, 6) is 1.15. The van der Waals surface area contributed by atoms with E-state index in [-0.39, 0.29) is 0 Å². The van der Waals surface area contributed by atoms with E-state index in [1.165, 1.54) is 5.69 Å². The number of nitrogen functional groups attached to an aromatic ring is 1. The minimum absolute atomic E-state index is 0.555. The Morgan fingerprint density at radius 1 is 1.06 bits per heavy atom. The second-order valence-corrected chi connectivity index (χ2v) is 8.73. The molecule has 0 amide bonds. The molecule has 0 aromatic heterocycles. The van der Waals surface area contributed by atoms with Crippen LogP contribution in [0.15, 0.2) is 28.9 Å². The summed E-state index contributed by atoms with van der Waals surface area (Å²) in [6.45, 7) is 8.94. The minimum atomic E-state index is 0.555. The van der Waals surface area contributed by atoms with Gasteiger partial charge in [0.25, 0.3) is 0 Å². The fourth-order valence-electron chi connectivity index (χ4n) is 4.33.